The molecule has 0 bridgehead atoms. The van der Waals surface area contributed by atoms with Crippen LogP contribution in [0.15, 0.2) is 24.3 Å². The lowest BCUT2D eigenvalue weighted by Gasteiger charge is -2.36. The molecule has 0 aromatic heterocycles. The topological polar surface area (TPSA) is 72.5 Å². The first-order chi connectivity index (χ1) is 7.97. The van der Waals surface area contributed by atoms with Crippen molar-refractivity contribution in [2.75, 3.05) is 7.11 Å². The van der Waals surface area contributed by atoms with Crippen LogP contribution in [0.3, 0.4) is 0 Å². The quantitative estimate of drug-likeness (QED) is 0.597. The Morgan fingerprint density at radius 2 is 2.00 bits per heavy atom. The van der Waals surface area contributed by atoms with E-state index in [0.717, 1.165) is 0 Å². The molecule has 0 radical (unpaired) electrons. The molecule has 1 aromatic carbocycles. The van der Waals surface area contributed by atoms with Crippen molar-refractivity contribution < 1.29 is 14.6 Å². The number of aliphatic hydroxyl groups is 1. The SMILES string of the molecule is CO[C@@](N)(c1ccccc1C=O)[C@@H](O)C(C)C. The van der Waals surface area contributed by atoms with Crippen molar-refractivity contribution in [2.24, 2.45) is 11.7 Å². The molecule has 4 heteroatoms. The second kappa shape index (κ2) is 5.40. The number of hydrogen-bond donors (Lipinski definition) is 2. The molecule has 0 saturated carbocycles. The van der Waals surface area contributed by atoms with Crippen LogP contribution >= 0.6 is 0 Å². The molecule has 0 fully saturated rings. The standard InChI is InChI=1S/C13H19NO3/c1-9(2)12(16)13(14,17-3)11-7-5-4-6-10(11)8-15/h4-9,12,16H,14H2,1-3H3/t12-,13-/m0/s1. The second-order valence-corrected chi connectivity index (χ2v) is 4.39. The summed E-state index contributed by atoms with van der Waals surface area (Å²) in [6.07, 6.45) is -0.183. The lowest BCUT2D eigenvalue weighted by atomic mass is 9.88. The lowest BCUT2D eigenvalue weighted by molar-refractivity contribution is -0.122. The van der Waals surface area contributed by atoms with E-state index in [1.54, 1.807) is 24.3 Å². The highest BCUT2D eigenvalue weighted by Gasteiger charge is 2.39. The highest BCUT2D eigenvalue weighted by Crippen LogP contribution is 2.29. The largest absolute Gasteiger partial charge is 0.388 e. The monoisotopic (exact) mass is 237 g/mol. The number of rotatable bonds is 5. The number of benzene rings is 1. The minimum Gasteiger partial charge on any atom is -0.388 e. The average Bonchev–Trinajstić information content (AvgIpc) is 2.36. The minimum atomic E-state index is -1.37. The van der Waals surface area contributed by atoms with Crippen molar-refractivity contribution >= 4 is 6.29 Å². The first-order valence-corrected chi connectivity index (χ1v) is 5.54. The van der Waals surface area contributed by atoms with Crippen molar-refractivity contribution in [3.8, 4) is 0 Å². The van der Waals surface area contributed by atoms with Gasteiger partial charge in [0.15, 0.2) is 5.72 Å². The summed E-state index contributed by atoms with van der Waals surface area (Å²) in [7, 11) is 1.42. The molecule has 3 N–H and O–H groups in total. The fourth-order valence-corrected chi connectivity index (χ4v) is 1.84. The van der Waals surface area contributed by atoms with E-state index in [1.165, 1.54) is 7.11 Å². The zero-order chi connectivity index (χ0) is 13.1. The van der Waals surface area contributed by atoms with E-state index in [-0.39, 0.29) is 5.92 Å². The molecule has 1 rings (SSSR count). The summed E-state index contributed by atoms with van der Waals surface area (Å²) in [6.45, 7) is 3.68. The van der Waals surface area contributed by atoms with Crippen LogP contribution in [0.1, 0.15) is 29.8 Å². The number of aldehydes is 1. The maximum absolute atomic E-state index is 11.0. The van der Waals surface area contributed by atoms with Crippen molar-refractivity contribution in [1.82, 2.24) is 0 Å². The van der Waals surface area contributed by atoms with Gasteiger partial charge < -0.3 is 9.84 Å². The predicted octanol–water partition coefficient (Wildman–Crippen LogP) is 1.27. The molecular weight excluding hydrogens is 218 g/mol. The van der Waals surface area contributed by atoms with Crippen LogP contribution < -0.4 is 5.73 Å². The Morgan fingerprint density at radius 3 is 2.47 bits per heavy atom. The fraction of sp³-hybridized carbons (Fsp3) is 0.462. The van der Waals surface area contributed by atoms with E-state index in [1.807, 2.05) is 13.8 Å². The molecule has 1 aromatic rings. The molecule has 0 aliphatic rings. The van der Waals surface area contributed by atoms with E-state index in [9.17, 15) is 9.90 Å². The first-order valence-electron chi connectivity index (χ1n) is 5.54. The van der Waals surface area contributed by atoms with Gasteiger partial charge in [0, 0.05) is 18.2 Å². The summed E-state index contributed by atoms with van der Waals surface area (Å²) in [5.41, 5.74) is 5.67. The zero-order valence-electron chi connectivity index (χ0n) is 10.4. The van der Waals surface area contributed by atoms with E-state index in [0.29, 0.717) is 17.4 Å². The minimum absolute atomic E-state index is 0.0836. The van der Waals surface area contributed by atoms with Crippen molar-refractivity contribution in [3.05, 3.63) is 35.4 Å². The highest BCUT2D eigenvalue weighted by molar-refractivity contribution is 5.77. The van der Waals surface area contributed by atoms with Crippen LogP contribution in [0.4, 0.5) is 0 Å². The molecule has 2 atom stereocenters. The smallest absolute Gasteiger partial charge is 0.169 e. The van der Waals surface area contributed by atoms with Crippen molar-refractivity contribution in [1.29, 1.82) is 0 Å². The van der Waals surface area contributed by atoms with Gasteiger partial charge in [0.1, 0.15) is 12.4 Å². The summed E-state index contributed by atoms with van der Waals surface area (Å²) < 4.78 is 5.26. The summed E-state index contributed by atoms with van der Waals surface area (Å²) in [4.78, 5) is 11.0. The summed E-state index contributed by atoms with van der Waals surface area (Å²) in [5, 5.41) is 10.2. The highest BCUT2D eigenvalue weighted by atomic mass is 16.5. The van der Waals surface area contributed by atoms with Crippen LogP contribution in [-0.4, -0.2) is 24.6 Å². The van der Waals surface area contributed by atoms with Gasteiger partial charge in [-0.1, -0.05) is 38.1 Å². The third kappa shape index (κ3) is 2.54. The average molecular weight is 237 g/mol. The molecule has 0 amide bonds. The van der Waals surface area contributed by atoms with E-state index < -0.39 is 11.8 Å². The lowest BCUT2D eigenvalue weighted by Crippen LogP contribution is -2.52. The molecule has 94 valence electrons. The van der Waals surface area contributed by atoms with Gasteiger partial charge in [-0.25, -0.2) is 0 Å². The number of carbonyl (C=O) groups is 1. The van der Waals surface area contributed by atoms with Gasteiger partial charge in [-0.05, 0) is 5.92 Å². The fourth-order valence-electron chi connectivity index (χ4n) is 1.84. The Hall–Kier alpha value is -1.23. The molecule has 0 unspecified atom stereocenters. The summed E-state index contributed by atoms with van der Waals surface area (Å²) in [6, 6.07) is 6.84. The molecule has 0 heterocycles. The molecule has 0 aliphatic carbocycles. The number of hydrogen-bond acceptors (Lipinski definition) is 4. The van der Waals surface area contributed by atoms with Gasteiger partial charge in [-0.2, -0.15) is 0 Å². The maximum atomic E-state index is 11.0. The van der Waals surface area contributed by atoms with E-state index in [2.05, 4.69) is 0 Å². The van der Waals surface area contributed by atoms with Gasteiger partial charge in [0.25, 0.3) is 0 Å². The van der Waals surface area contributed by atoms with Gasteiger partial charge in [0.05, 0.1) is 0 Å². The molecule has 17 heavy (non-hydrogen) atoms. The summed E-state index contributed by atoms with van der Waals surface area (Å²) >= 11 is 0. The van der Waals surface area contributed by atoms with Crippen LogP contribution in [0.5, 0.6) is 0 Å². The number of methoxy groups -OCH3 is 1. The first kappa shape index (κ1) is 13.8. The molecule has 0 saturated heterocycles. The van der Waals surface area contributed by atoms with Gasteiger partial charge >= 0.3 is 0 Å². The third-order valence-electron chi connectivity index (χ3n) is 2.92. The number of carbonyl (C=O) groups excluding carboxylic acids is 1. The van der Waals surface area contributed by atoms with Crippen molar-refractivity contribution in [3.63, 3.8) is 0 Å². The van der Waals surface area contributed by atoms with Gasteiger partial charge in [-0.3, -0.25) is 10.5 Å². The predicted molar refractivity (Wildman–Crippen MR) is 65.5 cm³/mol. The Morgan fingerprint density at radius 1 is 1.41 bits per heavy atom. The Kier molecular flexibility index (Phi) is 4.40. The summed E-state index contributed by atoms with van der Waals surface area (Å²) in [5.74, 6) is -0.0836. The third-order valence-corrected chi connectivity index (χ3v) is 2.92. The van der Waals surface area contributed by atoms with E-state index in [4.69, 9.17) is 10.5 Å². The van der Waals surface area contributed by atoms with Crippen LogP contribution in [0.2, 0.25) is 0 Å². The molecular formula is C13H19NO3. The van der Waals surface area contributed by atoms with Crippen LogP contribution in [0.25, 0.3) is 0 Å². The zero-order valence-corrected chi connectivity index (χ0v) is 10.4. The van der Waals surface area contributed by atoms with Crippen molar-refractivity contribution in [2.45, 2.75) is 25.7 Å². The maximum Gasteiger partial charge on any atom is 0.169 e. The van der Waals surface area contributed by atoms with Gasteiger partial charge in [-0.15, -0.1) is 0 Å². The molecule has 4 nitrogen and oxygen atoms in total. The second-order valence-electron chi connectivity index (χ2n) is 4.39. The van der Waals surface area contributed by atoms with Gasteiger partial charge in [0.2, 0.25) is 0 Å². The number of aliphatic hydroxyl groups excluding tert-OH is 1. The normalized spacial score (nSPS) is 16.6. The number of ether oxygens (including phenoxy) is 1. The Bertz CT molecular complexity index is 392. The Labute approximate surface area is 101 Å². The van der Waals surface area contributed by atoms with Crippen LogP contribution in [0, 0.1) is 5.92 Å². The molecule has 0 spiro atoms. The van der Waals surface area contributed by atoms with E-state index >= 15 is 0 Å². The Balaban J connectivity index is 3.29. The van der Waals surface area contributed by atoms with Crippen LogP contribution in [-0.2, 0) is 10.5 Å². The number of nitrogens with two attached hydrogens (primary N) is 1. The molecule has 0 aliphatic heterocycles.